The first kappa shape index (κ1) is 8.87. The van der Waals surface area contributed by atoms with E-state index in [4.69, 9.17) is 5.84 Å². The molecule has 1 unspecified atom stereocenters. The van der Waals surface area contributed by atoms with Crippen LogP contribution in [0.4, 0.5) is 0 Å². The Balaban J connectivity index is 2.43. The Labute approximate surface area is 71.8 Å². The van der Waals surface area contributed by atoms with E-state index in [0.29, 0.717) is 5.25 Å². The number of rotatable bonds is 1. The summed E-state index contributed by atoms with van der Waals surface area (Å²) in [6.45, 7) is 0. The summed E-state index contributed by atoms with van der Waals surface area (Å²) >= 11 is 1.95. The maximum absolute atomic E-state index is 5.32. The molecule has 1 aliphatic rings. The molecule has 1 aliphatic heterocycles. The van der Waals surface area contributed by atoms with Gasteiger partial charge < -0.3 is 5.43 Å². The second-order valence-electron chi connectivity index (χ2n) is 2.61. The van der Waals surface area contributed by atoms with E-state index in [0.717, 1.165) is 5.84 Å². The zero-order valence-electron chi connectivity index (χ0n) is 6.84. The van der Waals surface area contributed by atoms with Crippen molar-refractivity contribution in [3.63, 3.8) is 0 Å². The molecule has 0 saturated carbocycles. The van der Waals surface area contributed by atoms with E-state index in [9.17, 15) is 0 Å². The zero-order chi connectivity index (χ0) is 8.10. The average Bonchev–Trinajstić information content (AvgIpc) is 2.09. The Kier molecular flexibility index (Phi) is 3.72. The van der Waals surface area contributed by atoms with Crippen molar-refractivity contribution < 1.29 is 0 Å². The Morgan fingerprint density at radius 1 is 1.64 bits per heavy atom. The van der Waals surface area contributed by atoms with Gasteiger partial charge in [-0.2, -0.15) is 11.8 Å². The molecule has 1 saturated heterocycles. The Morgan fingerprint density at radius 3 is 2.91 bits per heavy atom. The van der Waals surface area contributed by atoms with Crippen molar-refractivity contribution in [2.75, 3.05) is 12.8 Å². The Hall–Kier alpha value is -0.220. The highest BCUT2D eigenvalue weighted by Gasteiger charge is 2.18. The molecule has 64 valence electrons. The van der Waals surface area contributed by atoms with Gasteiger partial charge in [-0.25, -0.2) is 5.84 Å². The third-order valence-electron chi connectivity index (χ3n) is 1.87. The van der Waals surface area contributed by atoms with Crippen molar-refractivity contribution in [1.82, 2.24) is 5.43 Å². The molecule has 0 amide bonds. The number of hydrogen-bond donors (Lipinski definition) is 2. The lowest BCUT2D eigenvalue weighted by Crippen LogP contribution is -2.38. The molecule has 4 heteroatoms. The summed E-state index contributed by atoms with van der Waals surface area (Å²) in [6.07, 6.45) is 3.85. The quantitative estimate of drug-likeness (QED) is 0.266. The molecule has 3 N–H and O–H groups in total. The van der Waals surface area contributed by atoms with E-state index in [1.54, 1.807) is 7.05 Å². The third-order valence-corrected chi connectivity index (χ3v) is 3.26. The van der Waals surface area contributed by atoms with Gasteiger partial charge in [0.25, 0.3) is 0 Å². The van der Waals surface area contributed by atoms with Crippen LogP contribution in [0.5, 0.6) is 0 Å². The monoisotopic (exact) mass is 173 g/mol. The van der Waals surface area contributed by atoms with E-state index in [-0.39, 0.29) is 0 Å². The fourth-order valence-corrected chi connectivity index (χ4v) is 2.58. The minimum absolute atomic E-state index is 0.513. The fourth-order valence-electron chi connectivity index (χ4n) is 1.26. The van der Waals surface area contributed by atoms with Crippen LogP contribution in [0, 0.1) is 0 Å². The lowest BCUT2D eigenvalue weighted by molar-refractivity contribution is 0.720. The van der Waals surface area contributed by atoms with Gasteiger partial charge >= 0.3 is 0 Å². The summed E-state index contributed by atoms with van der Waals surface area (Å²) in [7, 11) is 1.78. The van der Waals surface area contributed by atoms with Crippen molar-refractivity contribution >= 4 is 17.6 Å². The standard InChI is InChI=1S/C7H15N3S/c1-9-7(10-8)6-4-2-3-5-11-6/h6H,2-5,8H2,1H3,(H,9,10). The van der Waals surface area contributed by atoms with Crippen LogP contribution >= 0.6 is 11.8 Å². The molecule has 0 bridgehead atoms. The van der Waals surface area contributed by atoms with Crippen molar-refractivity contribution in [2.45, 2.75) is 24.5 Å². The largest absolute Gasteiger partial charge is 0.311 e. The van der Waals surface area contributed by atoms with Crippen molar-refractivity contribution in [3.05, 3.63) is 0 Å². The minimum atomic E-state index is 0.513. The van der Waals surface area contributed by atoms with Gasteiger partial charge in [0.2, 0.25) is 0 Å². The van der Waals surface area contributed by atoms with E-state index < -0.39 is 0 Å². The summed E-state index contributed by atoms with van der Waals surface area (Å²) < 4.78 is 0. The number of amidine groups is 1. The van der Waals surface area contributed by atoms with E-state index in [1.807, 2.05) is 11.8 Å². The molecule has 0 aliphatic carbocycles. The van der Waals surface area contributed by atoms with Gasteiger partial charge in [0.15, 0.2) is 0 Å². The van der Waals surface area contributed by atoms with Crippen LogP contribution < -0.4 is 11.3 Å². The molecular weight excluding hydrogens is 158 g/mol. The molecule has 1 fully saturated rings. The van der Waals surface area contributed by atoms with Crippen LogP contribution in [-0.2, 0) is 0 Å². The van der Waals surface area contributed by atoms with Crippen molar-refractivity contribution in [2.24, 2.45) is 10.8 Å². The minimum Gasteiger partial charge on any atom is -0.311 e. The predicted octanol–water partition coefficient (Wildman–Crippen LogP) is 0.764. The number of nitrogens with two attached hydrogens (primary N) is 1. The molecule has 3 nitrogen and oxygen atoms in total. The summed E-state index contributed by atoms with van der Waals surface area (Å²) in [5, 5.41) is 0.513. The molecule has 1 atom stereocenters. The number of hydrogen-bond acceptors (Lipinski definition) is 3. The molecule has 11 heavy (non-hydrogen) atoms. The highest BCUT2D eigenvalue weighted by atomic mass is 32.2. The SMILES string of the molecule is CN=C(NN)C1CCCCS1. The molecule has 1 rings (SSSR count). The Bertz CT molecular complexity index is 141. The van der Waals surface area contributed by atoms with Gasteiger partial charge in [-0.15, -0.1) is 0 Å². The fraction of sp³-hybridized carbons (Fsp3) is 0.857. The number of aliphatic imine (C=N–C) groups is 1. The first-order valence-corrected chi connectivity index (χ1v) is 4.98. The highest BCUT2D eigenvalue weighted by Crippen LogP contribution is 2.25. The first-order valence-electron chi connectivity index (χ1n) is 3.93. The predicted molar refractivity (Wildman–Crippen MR) is 50.8 cm³/mol. The summed E-state index contributed by atoms with van der Waals surface area (Å²) in [5.41, 5.74) is 2.65. The van der Waals surface area contributed by atoms with Crippen LogP contribution in [0.3, 0.4) is 0 Å². The van der Waals surface area contributed by atoms with Crippen LogP contribution in [0.15, 0.2) is 4.99 Å². The number of thioether (sulfide) groups is 1. The summed E-state index contributed by atoms with van der Waals surface area (Å²) in [4.78, 5) is 4.09. The first-order chi connectivity index (χ1) is 5.38. The van der Waals surface area contributed by atoms with E-state index >= 15 is 0 Å². The average molecular weight is 173 g/mol. The van der Waals surface area contributed by atoms with Crippen LogP contribution in [0.1, 0.15) is 19.3 Å². The number of hydrazine groups is 1. The number of nitrogens with one attached hydrogen (secondary N) is 1. The maximum atomic E-state index is 5.32. The molecule has 1 heterocycles. The molecular formula is C7H15N3S. The summed E-state index contributed by atoms with van der Waals surface area (Å²) in [5.74, 6) is 7.50. The van der Waals surface area contributed by atoms with Crippen LogP contribution in [0.25, 0.3) is 0 Å². The van der Waals surface area contributed by atoms with Gasteiger partial charge in [0.1, 0.15) is 5.84 Å². The second kappa shape index (κ2) is 4.62. The van der Waals surface area contributed by atoms with Gasteiger partial charge in [-0.1, -0.05) is 6.42 Å². The highest BCUT2D eigenvalue weighted by molar-refractivity contribution is 8.00. The molecule has 0 aromatic carbocycles. The zero-order valence-corrected chi connectivity index (χ0v) is 7.66. The second-order valence-corrected chi connectivity index (χ2v) is 3.92. The lowest BCUT2D eigenvalue weighted by Gasteiger charge is -2.21. The molecule has 0 aromatic heterocycles. The third kappa shape index (κ3) is 2.38. The van der Waals surface area contributed by atoms with E-state index in [1.165, 1.54) is 25.0 Å². The Morgan fingerprint density at radius 2 is 2.45 bits per heavy atom. The van der Waals surface area contributed by atoms with Crippen molar-refractivity contribution in [1.29, 1.82) is 0 Å². The molecule has 0 radical (unpaired) electrons. The van der Waals surface area contributed by atoms with Gasteiger partial charge in [0.05, 0.1) is 5.25 Å². The van der Waals surface area contributed by atoms with E-state index in [2.05, 4.69) is 10.4 Å². The topological polar surface area (TPSA) is 50.4 Å². The maximum Gasteiger partial charge on any atom is 0.123 e. The lowest BCUT2D eigenvalue weighted by atomic mass is 10.2. The number of nitrogens with zero attached hydrogens (tertiary/aromatic N) is 1. The van der Waals surface area contributed by atoms with Crippen LogP contribution in [0.2, 0.25) is 0 Å². The van der Waals surface area contributed by atoms with Gasteiger partial charge in [-0.3, -0.25) is 4.99 Å². The van der Waals surface area contributed by atoms with Crippen LogP contribution in [-0.4, -0.2) is 23.9 Å². The molecule has 0 aromatic rings. The van der Waals surface area contributed by atoms with Crippen molar-refractivity contribution in [3.8, 4) is 0 Å². The smallest absolute Gasteiger partial charge is 0.123 e. The van der Waals surface area contributed by atoms with Gasteiger partial charge in [0, 0.05) is 7.05 Å². The normalized spacial score (nSPS) is 26.7. The van der Waals surface area contributed by atoms with Gasteiger partial charge in [-0.05, 0) is 18.6 Å². The summed E-state index contributed by atoms with van der Waals surface area (Å²) in [6, 6.07) is 0. The molecule has 0 spiro atoms.